The summed E-state index contributed by atoms with van der Waals surface area (Å²) in [4.78, 5) is 6.78. The fraction of sp³-hybridized carbons (Fsp3) is 0.643. The van der Waals surface area contributed by atoms with Gasteiger partial charge >= 0.3 is 0 Å². The van der Waals surface area contributed by atoms with Crippen molar-refractivity contribution in [3.8, 4) is 0 Å². The molecule has 1 unspecified atom stereocenters. The minimum Gasteiger partial charge on any atom is -0.378 e. The predicted molar refractivity (Wildman–Crippen MR) is 73.7 cm³/mol. The van der Waals surface area contributed by atoms with Crippen LogP contribution in [0.1, 0.15) is 38.4 Å². The number of nitrogens with two attached hydrogens (primary N) is 1. The van der Waals surface area contributed by atoms with Crippen LogP contribution in [0.15, 0.2) is 18.3 Å². The second-order valence-electron chi connectivity index (χ2n) is 4.87. The van der Waals surface area contributed by atoms with Crippen molar-refractivity contribution in [1.29, 1.82) is 0 Å². The summed E-state index contributed by atoms with van der Waals surface area (Å²) >= 11 is 0. The molecule has 1 aromatic rings. The highest BCUT2D eigenvalue weighted by molar-refractivity contribution is 5.45. The van der Waals surface area contributed by atoms with E-state index in [1.165, 1.54) is 5.69 Å². The van der Waals surface area contributed by atoms with Crippen molar-refractivity contribution in [2.45, 2.75) is 38.8 Å². The summed E-state index contributed by atoms with van der Waals surface area (Å²) in [6.07, 6.45) is 4.56. The first kappa shape index (κ1) is 13.3. The van der Waals surface area contributed by atoms with E-state index in [1.807, 2.05) is 19.2 Å². The molecule has 4 heteroatoms. The summed E-state index contributed by atoms with van der Waals surface area (Å²) in [5, 5.41) is 0. The van der Waals surface area contributed by atoms with Gasteiger partial charge in [-0.2, -0.15) is 0 Å². The molecule has 100 valence electrons. The third kappa shape index (κ3) is 3.21. The Hall–Kier alpha value is -1.13. The summed E-state index contributed by atoms with van der Waals surface area (Å²) < 4.78 is 5.66. The van der Waals surface area contributed by atoms with E-state index >= 15 is 0 Å². The number of hydrogen-bond acceptors (Lipinski definition) is 4. The fourth-order valence-electron chi connectivity index (χ4n) is 2.37. The molecule has 0 bridgehead atoms. The first-order chi connectivity index (χ1) is 8.70. The Morgan fingerprint density at radius 3 is 2.67 bits per heavy atom. The van der Waals surface area contributed by atoms with Crippen LogP contribution in [0.5, 0.6) is 0 Å². The monoisotopic (exact) mass is 249 g/mol. The highest BCUT2D eigenvalue weighted by Crippen LogP contribution is 2.21. The second-order valence-corrected chi connectivity index (χ2v) is 4.87. The van der Waals surface area contributed by atoms with Gasteiger partial charge in [-0.3, -0.25) is 4.98 Å². The zero-order valence-electron chi connectivity index (χ0n) is 11.3. The number of hydrogen-bond donors (Lipinski definition) is 1. The molecule has 1 aromatic heterocycles. The van der Waals surface area contributed by atoms with Gasteiger partial charge in [-0.25, -0.2) is 0 Å². The SMILES string of the molecule is CCOC1CCN(c2ccc(C(C)N)nc2)CC1. The average Bonchev–Trinajstić information content (AvgIpc) is 2.40. The van der Waals surface area contributed by atoms with Crippen LogP contribution in [0.2, 0.25) is 0 Å². The van der Waals surface area contributed by atoms with Crippen molar-refractivity contribution in [2.24, 2.45) is 5.73 Å². The van der Waals surface area contributed by atoms with Crippen molar-refractivity contribution >= 4 is 5.69 Å². The topological polar surface area (TPSA) is 51.4 Å². The Morgan fingerprint density at radius 1 is 1.44 bits per heavy atom. The fourth-order valence-corrected chi connectivity index (χ4v) is 2.37. The second kappa shape index (κ2) is 6.16. The molecule has 0 spiro atoms. The molecule has 1 aliphatic rings. The van der Waals surface area contributed by atoms with E-state index in [0.717, 1.165) is 38.2 Å². The largest absolute Gasteiger partial charge is 0.378 e. The molecule has 18 heavy (non-hydrogen) atoms. The maximum absolute atomic E-state index is 5.80. The zero-order valence-corrected chi connectivity index (χ0v) is 11.3. The third-order valence-corrected chi connectivity index (χ3v) is 3.45. The average molecular weight is 249 g/mol. The first-order valence-electron chi connectivity index (χ1n) is 6.78. The van der Waals surface area contributed by atoms with Crippen LogP contribution in [0.25, 0.3) is 0 Å². The minimum atomic E-state index is 0.00254. The molecule has 0 amide bonds. The van der Waals surface area contributed by atoms with E-state index in [9.17, 15) is 0 Å². The van der Waals surface area contributed by atoms with Gasteiger partial charge in [-0.15, -0.1) is 0 Å². The summed E-state index contributed by atoms with van der Waals surface area (Å²) in [6, 6.07) is 4.14. The lowest BCUT2D eigenvalue weighted by atomic mass is 10.1. The Bertz CT molecular complexity index is 356. The van der Waals surface area contributed by atoms with Crippen molar-refractivity contribution in [1.82, 2.24) is 4.98 Å². The quantitative estimate of drug-likeness (QED) is 0.888. The van der Waals surface area contributed by atoms with E-state index in [4.69, 9.17) is 10.5 Å². The summed E-state index contributed by atoms with van der Waals surface area (Å²) in [5.41, 5.74) is 7.94. The van der Waals surface area contributed by atoms with Crippen molar-refractivity contribution in [3.05, 3.63) is 24.0 Å². The van der Waals surface area contributed by atoms with Crippen molar-refractivity contribution < 1.29 is 4.74 Å². The van der Waals surface area contributed by atoms with E-state index in [2.05, 4.69) is 22.9 Å². The van der Waals surface area contributed by atoms with Crippen LogP contribution in [-0.4, -0.2) is 30.8 Å². The van der Waals surface area contributed by atoms with Crippen LogP contribution in [0.4, 0.5) is 5.69 Å². The molecule has 0 aliphatic carbocycles. The molecule has 1 aliphatic heterocycles. The summed E-state index contributed by atoms with van der Waals surface area (Å²) in [7, 11) is 0. The van der Waals surface area contributed by atoms with Gasteiger partial charge in [0.05, 0.1) is 23.7 Å². The number of ether oxygens (including phenoxy) is 1. The number of nitrogens with zero attached hydrogens (tertiary/aromatic N) is 2. The molecule has 0 aromatic carbocycles. The van der Waals surface area contributed by atoms with E-state index in [-0.39, 0.29) is 6.04 Å². The molecule has 4 nitrogen and oxygen atoms in total. The molecule has 2 rings (SSSR count). The number of aromatic nitrogens is 1. The van der Waals surface area contributed by atoms with Crippen LogP contribution >= 0.6 is 0 Å². The van der Waals surface area contributed by atoms with Gasteiger partial charge in [-0.05, 0) is 38.8 Å². The molecule has 2 heterocycles. The molecule has 1 fully saturated rings. The van der Waals surface area contributed by atoms with Crippen molar-refractivity contribution in [2.75, 3.05) is 24.6 Å². The highest BCUT2D eigenvalue weighted by Gasteiger charge is 2.19. The van der Waals surface area contributed by atoms with Crippen LogP contribution in [-0.2, 0) is 4.74 Å². The van der Waals surface area contributed by atoms with Crippen LogP contribution in [0.3, 0.4) is 0 Å². The van der Waals surface area contributed by atoms with Crippen LogP contribution < -0.4 is 10.6 Å². The molecule has 1 atom stereocenters. The summed E-state index contributed by atoms with van der Waals surface area (Å²) in [5.74, 6) is 0. The van der Waals surface area contributed by atoms with Gasteiger partial charge in [0.2, 0.25) is 0 Å². The molecule has 0 radical (unpaired) electrons. The van der Waals surface area contributed by atoms with Gasteiger partial charge in [0.1, 0.15) is 0 Å². The summed E-state index contributed by atoms with van der Waals surface area (Å²) in [6.45, 7) is 6.92. The number of anilines is 1. The number of pyridine rings is 1. The van der Waals surface area contributed by atoms with Gasteiger partial charge in [0.15, 0.2) is 0 Å². The molecular formula is C14H23N3O. The normalized spacial score (nSPS) is 18.9. The Labute approximate surface area is 109 Å². The van der Waals surface area contributed by atoms with Gasteiger partial charge in [-0.1, -0.05) is 0 Å². The van der Waals surface area contributed by atoms with E-state index < -0.39 is 0 Å². The predicted octanol–water partition coefficient (Wildman–Crippen LogP) is 2.11. The van der Waals surface area contributed by atoms with E-state index in [0.29, 0.717) is 6.10 Å². The van der Waals surface area contributed by atoms with Crippen LogP contribution in [0, 0.1) is 0 Å². The number of rotatable bonds is 4. The third-order valence-electron chi connectivity index (χ3n) is 3.45. The zero-order chi connectivity index (χ0) is 13.0. The molecular weight excluding hydrogens is 226 g/mol. The molecule has 0 saturated carbocycles. The smallest absolute Gasteiger partial charge is 0.0608 e. The first-order valence-corrected chi connectivity index (χ1v) is 6.78. The Kier molecular flexibility index (Phi) is 4.55. The lowest BCUT2D eigenvalue weighted by molar-refractivity contribution is 0.0459. The van der Waals surface area contributed by atoms with Gasteiger partial charge in [0.25, 0.3) is 0 Å². The molecule has 1 saturated heterocycles. The van der Waals surface area contributed by atoms with Gasteiger partial charge in [0, 0.05) is 25.7 Å². The molecule has 2 N–H and O–H groups in total. The Balaban J connectivity index is 1.93. The maximum atomic E-state index is 5.80. The van der Waals surface area contributed by atoms with Crippen molar-refractivity contribution in [3.63, 3.8) is 0 Å². The van der Waals surface area contributed by atoms with E-state index in [1.54, 1.807) is 0 Å². The lowest BCUT2D eigenvalue weighted by Crippen LogP contribution is -2.37. The highest BCUT2D eigenvalue weighted by atomic mass is 16.5. The lowest BCUT2D eigenvalue weighted by Gasteiger charge is -2.33. The standard InChI is InChI=1S/C14H23N3O/c1-3-18-13-6-8-17(9-7-13)12-4-5-14(11(2)15)16-10-12/h4-5,10-11,13H,3,6-9,15H2,1-2H3. The Morgan fingerprint density at radius 2 is 2.17 bits per heavy atom. The minimum absolute atomic E-state index is 0.00254. The number of piperidine rings is 1. The maximum Gasteiger partial charge on any atom is 0.0608 e. The van der Waals surface area contributed by atoms with Gasteiger partial charge < -0.3 is 15.4 Å².